The third-order valence-electron chi connectivity index (χ3n) is 5.74. The molecule has 29 heavy (non-hydrogen) atoms. The van der Waals surface area contributed by atoms with Gasteiger partial charge in [0.05, 0.1) is 6.04 Å². The number of likely N-dealkylation sites (tertiary alicyclic amines) is 1. The first-order valence-corrected chi connectivity index (χ1v) is 10.5. The fourth-order valence-corrected chi connectivity index (χ4v) is 3.97. The quantitative estimate of drug-likeness (QED) is 0.250. The van der Waals surface area contributed by atoms with E-state index >= 15 is 0 Å². The van der Waals surface area contributed by atoms with Crippen molar-refractivity contribution in [2.75, 3.05) is 52.9 Å². The molecule has 0 aromatic carbocycles. The lowest BCUT2D eigenvalue weighted by molar-refractivity contribution is -0.135. The van der Waals surface area contributed by atoms with Crippen LogP contribution in [0.15, 0.2) is 17.6 Å². The van der Waals surface area contributed by atoms with E-state index in [4.69, 9.17) is 0 Å². The van der Waals surface area contributed by atoms with Gasteiger partial charge in [0.25, 0.3) is 0 Å². The van der Waals surface area contributed by atoms with Gasteiger partial charge >= 0.3 is 0 Å². The molecule has 10 heteroatoms. The van der Waals surface area contributed by atoms with Crippen LogP contribution in [0.2, 0.25) is 0 Å². The summed E-state index contributed by atoms with van der Waals surface area (Å²) in [6.07, 6.45) is 7.94. The molecule has 3 rings (SSSR count). The summed E-state index contributed by atoms with van der Waals surface area (Å²) < 4.78 is 2.00. The zero-order chi connectivity index (χ0) is 19.8. The lowest BCUT2D eigenvalue weighted by Gasteiger charge is -2.39. The summed E-state index contributed by atoms with van der Waals surface area (Å²) in [5, 5.41) is 11.1. The number of aliphatic imine (C=N–C) groups is 1. The summed E-state index contributed by atoms with van der Waals surface area (Å²) in [6.45, 7) is 9.35. The van der Waals surface area contributed by atoms with Crippen molar-refractivity contribution in [2.24, 2.45) is 4.99 Å². The first-order chi connectivity index (χ1) is 13.7. The van der Waals surface area contributed by atoms with Crippen LogP contribution in [0.3, 0.4) is 0 Å². The Morgan fingerprint density at radius 2 is 1.69 bits per heavy atom. The van der Waals surface area contributed by atoms with Crippen LogP contribution in [-0.4, -0.2) is 100 Å². The van der Waals surface area contributed by atoms with Crippen molar-refractivity contribution in [2.45, 2.75) is 45.2 Å². The molecule has 3 heterocycles. The first-order valence-electron chi connectivity index (χ1n) is 10.5. The van der Waals surface area contributed by atoms with Crippen LogP contribution in [0.5, 0.6) is 0 Å². The molecule has 164 valence electrons. The summed E-state index contributed by atoms with van der Waals surface area (Å²) >= 11 is 0. The Kier molecular flexibility index (Phi) is 10.1. The second-order valence-electron chi connectivity index (χ2n) is 7.61. The van der Waals surface area contributed by atoms with Crippen molar-refractivity contribution in [3.05, 3.63) is 12.7 Å². The molecule has 1 amide bonds. The van der Waals surface area contributed by atoms with Gasteiger partial charge < -0.3 is 19.7 Å². The topological polar surface area (TPSA) is 81.9 Å². The number of rotatable bonds is 7. The molecule has 1 unspecified atom stereocenters. The number of piperazine rings is 1. The number of guanidine groups is 1. The van der Waals surface area contributed by atoms with Crippen LogP contribution in [0.4, 0.5) is 0 Å². The number of hydrogen-bond acceptors (Lipinski definition) is 5. The zero-order valence-electron chi connectivity index (χ0n) is 17.7. The van der Waals surface area contributed by atoms with E-state index < -0.39 is 0 Å². The lowest BCUT2D eigenvalue weighted by atomic mass is 10.2. The van der Waals surface area contributed by atoms with Crippen molar-refractivity contribution in [3.63, 3.8) is 0 Å². The van der Waals surface area contributed by atoms with Crippen LogP contribution in [0, 0.1) is 0 Å². The van der Waals surface area contributed by atoms with Gasteiger partial charge in [0, 0.05) is 59.4 Å². The minimum atomic E-state index is -0.0205. The van der Waals surface area contributed by atoms with E-state index in [2.05, 4.69) is 37.2 Å². The largest absolute Gasteiger partial charge is 0.356 e. The maximum atomic E-state index is 12.6. The smallest absolute Gasteiger partial charge is 0.239 e. The maximum Gasteiger partial charge on any atom is 0.239 e. The minimum absolute atomic E-state index is 0. The average molecular weight is 518 g/mol. The minimum Gasteiger partial charge on any atom is -0.356 e. The number of halogens is 1. The predicted octanol–water partition coefficient (Wildman–Crippen LogP) is 0.880. The van der Waals surface area contributed by atoms with E-state index in [1.807, 2.05) is 16.5 Å². The number of unbranched alkanes of at least 4 members (excludes halogenated alkanes) is 1. The van der Waals surface area contributed by atoms with Gasteiger partial charge in [-0.2, -0.15) is 0 Å². The summed E-state index contributed by atoms with van der Waals surface area (Å²) in [5.41, 5.74) is 0. The highest BCUT2D eigenvalue weighted by atomic mass is 127. The number of nitrogens with one attached hydrogen (secondary N) is 1. The number of nitrogens with zero attached hydrogens (tertiary/aromatic N) is 7. The molecule has 1 N–H and O–H groups in total. The number of carbonyl (C=O) groups excluding carboxylic acids is 1. The normalized spacial score (nSPS) is 19.2. The van der Waals surface area contributed by atoms with Crippen molar-refractivity contribution >= 4 is 35.8 Å². The van der Waals surface area contributed by atoms with E-state index in [9.17, 15) is 4.79 Å². The molecule has 2 aliphatic heterocycles. The molecule has 1 atom stereocenters. The van der Waals surface area contributed by atoms with E-state index in [1.54, 1.807) is 12.7 Å². The van der Waals surface area contributed by atoms with Gasteiger partial charge in [0.2, 0.25) is 5.91 Å². The average Bonchev–Trinajstić information content (AvgIpc) is 3.44. The SMILES string of the molecule is CN=C(NCCCCn1cnnc1)N1CCN(C(C)C(=O)N2CCCC2)CC1.I. The van der Waals surface area contributed by atoms with Crippen molar-refractivity contribution < 1.29 is 4.79 Å². The molecule has 2 fully saturated rings. The molecule has 0 aliphatic carbocycles. The van der Waals surface area contributed by atoms with Gasteiger partial charge in [-0.15, -0.1) is 34.2 Å². The van der Waals surface area contributed by atoms with Gasteiger partial charge in [-0.1, -0.05) is 0 Å². The van der Waals surface area contributed by atoms with E-state index in [-0.39, 0.29) is 30.0 Å². The molecular formula is C19H35IN8O. The highest BCUT2D eigenvalue weighted by Gasteiger charge is 2.30. The Morgan fingerprint density at radius 3 is 2.31 bits per heavy atom. The van der Waals surface area contributed by atoms with Gasteiger partial charge in [0.1, 0.15) is 12.7 Å². The fourth-order valence-electron chi connectivity index (χ4n) is 3.97. The molecule has 1 aromatic heterocycles. The molecule has 0 radical (unpaired) electrons. The van der Waals surface area contributed by atoms with Crippen LogP contribution in [-0.2, 0) is 11.3 Å². The van der Waals surface area contributed by atoms with Crippen LogP contribution in [0.25, 0.3) is 0 Å². The summed E-state index contributed by atoms with van der Waals surface area (Å²) in [6, 6.07) is -0.0205. The number of hydrogen-bond donors (Lipinski definition) is 1. The fraction of sp³-hybridized carbons (Fsp3) is 0.789. The number of carbonyl (C=O) groups is 1. The third-order valence-corrected chi connectivity index (χ3v) is 5.74. The van der Waals surface area contributed by atoms with Gasteiger partial charge in [-0.25, -0.2) is 0 Å². The van der Waals surface area contributed by atoms with Gasteiger partial charge in [0.15, 0.2) is 5.96 Å². The van der Waals surface area contributed by atoms with Crippen molar-refractivity contribution in [1.82, 2.24) is 34.8 Å². The molecular weight excluding hydrogens is 483 g/mol. The number of aryl methyl sites for hydroxylation is 1. The predicted molar refractivity (Wildman–Crippen MR) is 124 cm³/mol. The Balaban J connectivity index is 0.00000300. The molecule has 2 saturated heterocycles. The van der Waals surface area contributed by atoms with Crippen LogP contribution < -0.4 is 5.32 Å². The third kappa shape index (κ3) is 6.80. The Bertz CT molecular complexity index is 624. The van der Waals surface area contributed by atoms with Crippen molar-refractivity contribution in [1.29, 1.82) is 0 Å². The van der Waals surface area contributed by atoms with Gasteiger partial charge in [-0.05, 0) is 32.6 Å². The number of aromatic nitrogens is 3. The van der Waals surface area contributed by atoms with Crippen LogP contribution in [0.1, 0.15) is 32.6 Å². The monoisotopic (exact) mass is 518 g/mol. The number of amides is 1. The van der Waals surface area contributed by atoms with Crippen LogP contribution >= 0.6 is 24.0 Å². The Labute approximate surface area is 190 Å². The molecule has 0 saturated carbocycles. The maximum absolute atomic E-state index is 12.6. The Hall–Kier alpha value is -1.43. The highest BCUT2D eigenvalue weighted by molar-refractivity contribution is 14.0. The lowest BCUT2D eigenvalue weighted by Crippen LogP contribution is -2.57. The Morgan fingerprint density at radius 1 is 1.03 bits per heavy atom. The molecule has 9 nitrogen and oxygen atoms in total. The summed E-state index contributed by atoms with van der Waals surface area (Å²) in [7, 11) is 1.84. The highest BCUT2D eigenvalue weighted by Crippen LogP contribution is 2.14. The summed E-state index contributed by atoms with van der Waals surface area (Å²) in [4.78, 5) is 23.7. The summed E-state index contributed by atoms with van der Waals surface area (Å²) in [5.74, 6) is 1.25. The van der Waals surface area contributed by atoms with E-state index in [0.717, 1.165) is 84.0 Å². The first kappa shape index (κ1) is 23.8. The van der Waals surface area contributed by atoms with E-state index in [1.165, 1.54) is 0 Å². The second kappa shape index (κ2) is 12.3. The molecule has 1 aromatic rings. The van der Waals surface area contributed by atoms with Gasteiger partial charge in [-0.3, -0.25) is 14.7 Å². The van der Waals surface area contributed by atoms with Crippen molar-refractivity contribution in [3.8, 4) is 0 Å². The molecule has 0 spiro atoms. The standard InChI is InChI=1S/C19H34N8O.HI/c1-17(18(28)26-9-5-6-10-26)25-11-13-27(14-12-25)19(20-2)21-7-3-4-8-24-15-22-23-16-24;/h15-17H,3-14H2,1-2H3,(H,20,21);1H. The van der Waals surface area contributed by atoms with E-state index in [0.29, 0.717) is 5.91 Å². The zero-order valence-corrected chi connectivity index (χ0v) is 20.0. The molecule has 0 bridgehead atoms. The second-order valence-corrected chi connectivity index (χ2v) is 7.61. The molecule has 2 aliphatic rings.